The number of aromatic nitrogens is 2. The first-order chi connectivity index (χ1) is 8.45. The molecule has 0 radical (unpaired) electrons. The average molecular weight is 318 g/mol. The molecule has 19 heavy (non-hydrogen) atoms. The van der Waals surface area contributed by atoms with E-state index >= 15 is 0 Å². The zero-order chi connectivity index (χ0) is 15.5. The van der Waals surface area contributed by atoms with Gasteiger partial charge < -0.3 is 19.2 Å². The van der Waals surface area contributed by atoms with E-state index in [0.29, 0.717) is 6.42 Å². The van der Waals surface area contributed by atoms with Gasteiger partial charge in [-0.3, -0.25) is 4.55 Å². The summed E-state index contributed by atoms with van der Waals surface area (Å²) >= 11 is 0. The highest BCUT2D eigenvalue weighted by Crippen LogP contribution is 2.25. The summed E-state index contributed by atoms with van der Waals surface area (Å²) in [4.78, 5) is 25.3. The Bertz CT molecular complexity index is 445. The van der Waals surface area contributed by atoms with E-state index < -0.39 is 17.9 Å². The van der Waals surface area contributed by atoms with E-state index in [1.807, 2.05) is 24.7 Å². The number of imidazole rings is 1. The Kier molecular flexibility index (Phi) is 10.9. The molecule has 0 unspecified atom stereocenters. The Balaban J connectivity index is 0. The van der Waals surface area contributed by atoms with Crippen LogP contribution in [0.3, 0.4) is 0 Å². The minimum Gasteiger partial charge on any atom is -0.341 e. The van der Waals surface area contributed by atoms with Crippen molar-refractivity contribution in [3.8, 4) is 0 Å². The molecule has 1 heterocycles. The number of nitrogens with zero attached hydrogens (tertiary/aromatic N) is 2. The van der Waals surface area contributed by atoms with E-state index in [4.69, 9.17) is 23.8 Å². The van der Waals surface area contributed by atoms with Crippen molar-refractivity contribution < 1.29 is 32.2 Å². The van der Waals surface area contributed by atoms with E-state index in [1.54, 1.807) is 12.5 Å². The lowest BCUT2D eigenvalue weighted by Crippen LogP contribution is -2.02. The summed E-state index contributed by atoms with van der Waals surface area (Å²) in [6.07, 6.45) is 6.72. The first-order valence-electron chi connectivity index (χ1n) is 5.11. The van der Waals surface area contributed by atoms with Crippen molar-refractivity contribution >= 4 is 17.9 Å². The fourth-order valence-electron chi connectivity index (χ4n) is 0.653. The highest BCUT2D eigenvalue weighted by atomic mass is 32.2. The van der Waals surface area contributed by atoms with Gasteiger partial charge in [-0.2, -0.15) is 8.42 Å². The van der Waals surface area contributed by atoms with Gasteiger partial charge in [0.25, 0.3) is 10.1 Å². The molecule has 4 N–H and O–H groups in total. The second-order valence-electron chi connectivity index (χ2n) is 3.38. The molecule has 1 aromatic heterocycles. The van der Waals surface area contributed by atoms with Crippen LogP contribution in [0.15, 0.2) is 18.7 Å². The van der Waals surface area contributed by atoms with E-state index in [1.165, 1.54) is 0 Å². The summed E-state index contributed by atoms with van der Waals surface area (Å²) < 4.78 is 38.8. The Hall–Kier alpha value is -0.770. The molecule has 1 rings (SSSR count). The molecule has 0 aliphatic heterocycles. The Morgan fingerprint density at radius 2 is 1.79 bits per heavy atom. The zero-order valence-corrected chi connectivity index (χ0v) is 12.3. The quantitative estimate of drug-likeness (QED) is 0.455. The summed E-state index contributed by atoms with van der Waals surface area (Å²) in [5.74, 6) is -0.108. The van der Waals surface area contributed by atoms with Crippen LogP contribution >= 0.6 is 7.82 Å². The van der Waals surface area contributed by atoms with Crippen LogP contribution in [0, 0.1) is 0 Å². The van der Waals surface area contributed by atoms with Crippen LogP contribution in [0.5, 0.6) is 0 Å². The summed E-state index contributed by atoms with van der Waals surface area (Å²) in [5.41, 5.74) is 0. The molecular weight excluding hydrogens is 299 g/mol. The van der Waals surface area contributed by atoms with Gasteiger partial charge in [-0.15, -0.1) is 0 Å². The van der Waals surface area contributed by atoms with Gasteiger partial charge in [-0.05, 0) is 6.42 Å². The molecule has 0 aliphatic carbocycles. The van der Waals surface area contributed by atoms with Crippen molar-refractivity contribution in [3.63, 3.8) is 0 Å². The number of hydrogen-bond acceptors (Lipinski definition) is 4. The van der Waals surface area contributed by atoms with Crippen molar-refractivity contribution in [3.05, 3.63) is 18.7 Å². The van der Waals surface area contributed by atoms with Gasteiger partial charge in [0.05, 0.1) is 12.1 Å². The lowest BCUT2D eigenvalue weighted by molar-refractivity contribution is 0.275. The standard InChI is InChI=1S/C4H6N2.C4H10O3S.H3O4P/c1-6-3-2-5-4-6;1-2-3-4-8(5,6)7;1-5(2,3)4/h2-4H,1H3;2-4H2,1H3,(H,5,6,7);(H3,1,2,3,4). The number of hydrogen-bond donors (Lipinski definition) is 4. The van der Waals surface area contributed by atoms with E-state index in [-0.39, 0.29) is 5.75 Å². The molecule has 0 saturated carbocycles. The Morgan fingerprint density at radius 3 is 1.89 bits per heavy atom. The lowest BCUT2D eigenvalue weighted by Gasteiger charge is -1.90. The fourth-order valence-corrected chi connectivity index (χ4v) is 1.31. The van der Waals surface area contributed by atoms with Crippen LogP contribution in [-0.4, -0.2) is 43.0 Å². The molecule has 0 spiro atoms. The minimum atomic E-state index is -4.64. The SMILES string of the molecule is CCCCS(=O)(=O)O.Cn1ccnc1.O=P(O)(O)O. The Morgan fingerprint density at radius 1 is 1.32 bits per heavy atom. The number of aryl methyl sites for hydroxylation is 1. The second kappa shape index (κ2) is 10.1. The largest absolute Gasteiger partial charge is 0.466 e. The molecule has 0 saturated heterocycles. The van der Waals surface area contributed by atoms with Gasteiger partial charge in [0.15, 0.2) is 0 Å². The number of rotatable bonds is 3. The molecule has 11 heteroatoms. The monoisotopic (exact) mass is 318 g/mol. The molecular formula is C8H19N2O7PS. The van der Waals surface area contributed by atoms with Crippen molar-refractivity contribution in [1.82, 2.24) is 9.55 Å². The van der Waals surface area contributed by atoms with Crippen LogP contribution in [0.1, 0.15) is 19.8 Å². The highest BCUT2D eigenvalue weighted by Gasteiger charge is 2.00. The van der Waals surface area contributed by atoms with Crippen molar-refractivity contribution in [2.75, 3.05) is 5.75 Å². The average Bonchev–Trinajstić information content (AvgIpc) is 2.63. The lowest BCUT2D eigenvalue weighted by atomic mass is 10.4. The first-order valence-corrected chi connectivity index (χ1v) is 8.28. The molecule has 0 atom stereocenters. The van der Waals surface area contributed by atoms with Crippen molar-refractivity contribution in [2.45, 2.75) is 19.8 Å². The molecule has 0 amide bonds. The third kappa shape index (κ3) is 31.7. The van der Waals surface area contributed by atoms with Crippen molar-refractivity contribution in [2.24, 2.45) is 7.05 Å². The normalized spacial score (nSPS) is 10.8. The van der Waals surface area contributed by atoms with Gasteiger partial charge >= 0.3 is 7.82 Å². The summed E-state index contributed by atoms with van der Waals surface area (Å²) in [5, 5.41) is 0. The predicted octanol–water partition coefficient (Wildman–Crippen LogP) is 0.166. The van der Waals surface area contributed by atoms with Crippen molar-refractivity contribution in [1.29, 1.82) is 0 Å². The second-order valence-corrected chi connectivity index (χ2v) is 5.98. The van der Waals surface area contributed by atoms with Gasteiger partial charge in [0.1, 0.15) is 0 Å². The molecule has 0 fully saturated rings. The molecule has 1 aromatic rings. The maximum Gasteiger partial charge on any atom is 0.466 e. The van der Waals surface area contributed by atoms with E-state index in [2.05, 4.69) is 4.98 Å². The first kappa shape index (κ1) is 20.5. The summed E-state index contributed by atoms with van der Waals surface area (Å²) in [7, 11) is -6.39. The summed E-state index contributed by atoms with van der Waals surface area (Å²) in [6.45, 7) is 1.87. The maximum absolute atomic E-state index is 9.95. The van der Waals surface area contributed by atoms with Crippen LogP contribution in [-0.2, 0) is 21.7 Å². The van der Waals surface area contributed by atoms with Crippen LogP contribution in [0.25, 0.3) is 0 Å². The Labute approximate surface area is 111 Å². The molecule has 114 valence electrons. The van der Waals surface area contributed by atoms with Gasteiger partial charge in [0.2, 0.25) is 0 Å². The van der Waals surface area contributed by atoms with E-state index in [0.717, 1.165) is 6.42 Å². The highest BCUT2D eigenvalue weighted by molar-refractivity contribution is 7.85. The van der Waals surface area contributed by atoms with Crippen LogP contribution < -0.4 is 0 Å². The molecule has 0 aromatic carbocycles. The van der Waals surface area contributed by atoms with Gasteiger partial charge in [-0.25, -0.2) is 9.55 Å². The van der Waals surface area contributed by atoms with Crippen LogP contribution in [0.2, 0.25) is 0 Å². The minimum absolute atomic E-state index is 0.108. The predicted molar refractivity (Wildman–Crippen MR) is 68.8 cm³/mol. The van der Waals surface area contributed by atoms with Crippen LogP contribution in [0.4, 0.5) is 0 Å². The third-order valence-corrected chi connectivity index (χ3v) is 2.20. The topological polar surface area (TPSA) is 150 Å². The summed E-state index contributed by atoms with van der Waals surface area (Å²) in [6, 6.07) is 0. The number of unbranched alkanes of at least 4 members (excludes halogenated alkanes) is 1. The van der Waals surface area contributed by atoms with E-state index in [9.17, 15) is 8.42 Å². The third-order valence-electron chi connectivity index (χ3n) is 1.39. The van der Waals surface area contributed by atoms with Gasteiger partial charge in [-0.1, -0.05) is 13.3 Å². The fraction of sp³-hybridized carbons (Fsp3) is 0.625. The molecule has 0 aliphatic rings. The molecule has 0 bridgehead atoms. The number of phosphoric acid groups is 1. The molecule has 9 nitrogen and oxygen atoms in total. The van der Waals surface area contributed by atoms with Gasteiger partial charge in [0, 0.05) is 19.4 Å². The zero-order valence-electron chi connectivity index (χ0n) is 10.6. The smallest absolute Gasteiger partial charge is 0.341 e. The maximum atomic E-state index is 9.95.